The number of nitrogens with zero attached hydrogens (tertiary/aromatic N) is 3. The number of hydrogen-bond acceptors (Lipinski definition) is 6. The fourth-order valence-electron chi connectivity index (χ4n) is 3.31. The molecule has 1 unspecified atom stereocenters. The molecule has 8 heteroatoms. The zero-order chi connectivity index (χ0) is 17.2. The summed E-state index contributed by atoms with van der Waals surface area (Å²) in [6, 6.07) is 0.246. The zero-order valence-corrected chi connectivity index (χ0v) is 14.1. The maximum absolute atomic E-state index is 12.2. The smallest absolute Gasteiger partial charge is 0.410 e. The number of hydrogen-bond donors (Lipinski definition) is 1. The second-order valence-corrected chi connectivity index (χ2v) is 7.50. The molecule has 132 valence electrons. The minimum Gasteiger partial charge on any atom is -0.444 e. The fourth-order valence-corrected chi connectivity index (χ4v) is 3.31. The minimum absolute atomic E-state index is 0.0651. The summed E-state index contributed by atoms with van der Waals surface area (Å²) in [6.45, 7) is 7.73. The Balaban J connectivity index is 1.86. The molecule has 0 radical (unpaired) electrons. The van der Waals surface area contributed by atoms with Gasteiger partial charge in [-0.2, -0.15) is 0 Å². The van der Waals surface area contributed by atoms with E-state index < -0.39 is 23.2 Å². The summed E-state index contributed by atoms with van der Waals surface area (Å²) >= 11 is 0. The number of ether oxygens (including phenoxy) is 1. The number of aliphatic hydroxyl groups is 1. The van der Waals surface area contributed by atoms with Crippen molar-refractivity contribution in [3.63, 3.8) is 0 Å². The van der Waals surface area contributed by atoms with Crippen LogP contribution < -0.4 is 0 Å². The maximum Gasteiger partial charge on any atom is 0.410 e. The summed E-state index contributed by atoms with van der Waals surface area (Å²) in [4.78, 5) is 26.2. The molecule has 0 aliphatic carbocycles. The molecule has 8 nitrogen and oxygen atoms in total. The predicted octanol–water partition coefficient (Wildman–Crippen LogP) is 0.955. The van der Waals surface area contributed by atoms with Gasteiger partial charge in [0.25, 0.3) is 0 Å². The first-order valence-corrected chi connectivity index (χ1v) is 8.17. The predicted molar refractivity (Wildman–Crippen MR) is 83.8 cm³/mol. The van der Waals surface area contributed by atoms with Gasteiger partial charge < -0.3 is 14.7 Å². The maximum atomic E-state index is 12.2. The monoisotopic (exact) mass is 329 g/mol. The molecule has 23 heavy (non-hydrogen) atoms. The van der Waals surface area contributed by atoms with Gasteiger partial charge in [0.2, 0.25) is 6.54 Å². The Morgan fingerprint density at radius 2 is 2.04 bits per heavy atom. The van der Waals surface area contributed by atoms with Gasteiger partial charge in [-0.15, -0.1) is 0 Å². The molecule has 0 aromatic rings. The molecule has 2 aliphatic rings. The highest BCUT2D eigenvalue weighted by Gasteiger charge is 2.38. The summed E-state index contributed by atoms with van der Waals surface area (Å²) in [6.07, 6.45) is 0.402. The van der Waals surface area contributed by atoms with Crippen LogP contribution in [0.1, 0.15) is 33.6 Å². The second-order valence-electron chi connectivity index (χ2n) is 7.50. The van der Waals surface area contributed by atoms with Crippen molar-refractivity contribution in [2.24, 2.45) is 5.92 Å². The van der Waals surface area contributed by atoms with Crippen molar-refractivity contribution in [3.05, 3.63) is 10.1 Å². The van der Waals surface area contributed by atoms with Crippen molar-refractivity contribution < 1.29 is 19.6 Å². The Labute approximate surface area is 136 Å². The summed E-state index contributed by atoms with van der Waals surface area (Å²) in [7, 11) is 0. The van der Waals surface area contributed by atoms with E-state index in [2.05, 4.69) is 4.90 Å². The Bertz CT molecular complexity index is 451. The summed E-state index contributed by atoms with van der Waals surface area (Å²) in [5, 5.41) is 20.5. The fraction of sp³-hybridized carbons (Fsp3) is 0.933. The van der Waals surface area contributed by atoms with Crippen LogP contribution in [0.15, 0.2) is 0 Å². The molecule has 0 spiro atoms. The highest BCUT2D eigenvalue weighted by Crippen LogP contribution is 2.27. The van der Waals surface area contributed by atoms with Crippen LogP contribution in [0.25, 0.3) is 0 Å². The van der Waals surface area contributed by atoms with Crippen molar-refractivity contribution in [2.45, 2.75) is 51.4 Å². The first kappa shape index (κ1) is 17.9. The standard InChI is InChI=1S/C15H27N3O5/c1-15(2,3)23-14(20)17-7-6-16-8-11(4-5-12(16)9-17)13(19)10-18(21)22/h11-13,19H,4-10H2,1-3H3/t11-,12+,13?/m1/s1. The average Bonchev–Trinajstić information content (AvgIpc) is 2.43. The van der Waals surface area contributed by atoms with Crippen molar-refractivity contribution in [2.75, 3.05) is 32.7 Å². The summed E-state index contributed by atoms with van der Waals surface area (Å²) in [5.74, 6) is -0.0651. The molecule has 2 rings (SSSR count). The third-order valence-electron chi connectivity index (χ3n) is 4.48. The van der Waals surface area contributed by atoms with E-state index in [4.69, 9.17) is 4.74 Å². The van der Waals surface area contributed by atoms with Gasteiger partial charge in [-0.25, -0.2) is 4.79 Å². The van der Waals surface area contributed by atoms with Gasteiger partial charge >= 0.3 is 6.09 Å². The number of piperidine rings is 1. The average molecular weight is 329 g/mol. The van der Waals surface area contributed by atoms with Crippen molar-refractivity contribution in [1.82, 2.24) is 9.80 Å². The molecule has 0 aromatic carbocycles. The highest BCUT2D eigenvalue weighted by molar-refractivity contribution is 5.68. The van der Waals surface area contributed by atoms with Crippen molar-refractivity contribution in [1.29, 1.82) is 0 Å². The zero-order valence-electron chi connectivity index (χ0n) is 14.1. The Hall–Kier alpha value is -1.41. The van der Waals surface area contributed by atoms with Gasteiger partial charge in [-0.1, -0.05) is 0 Å². The van der Waals surface area contributed by atoms with E-state index >= 15 is 0 Å². The second kappa shape index (κ2) is 7.00. The lowest BCUT2D eigenvalue weighted by Gasteiger charge is -2.46. The molecule has 0 saturated carbocycles. The van der Waals surface area contributed by atoms with Gasteiger partial charge in [-0.3, -0.25) is 15.0 Å². The first-order valence-electron chi connectivity index (χ1n) is 8.17. The van der Waals surface area contributed by atoms with E-state index in [1.165, 1.54) is 0 Å². The van der Waals surface area contributed by atoms with Gasteiger partial charge in [-0.05, 0) is 33.6 Å². The highest BCUT2D eigenvalue weighted by atomic mass is 16.6. The summed E-state index contributed by atoms with van der Waals surface area (Å²) in [5.41, 5.74) is -0.501. The quantitative estimate of drug-likeness (QED) is 0.612. The Kier molecular flexibility index (Phi) is 5.46. The Morgan fingerprint density at radius 1 is 1.35 bits per heavy atom. The lowest BCUT2D eigenvalue weighted by atomic mass is 9.87. The number of nitro groups is 1. The first-order chi connectivity index (χ1) is 10.7. The van der Waals surface area contributed by atoms with Crippen LogP contribution in [0.4, 0.5) is 4.79 Å². The number of aliphatic hydroxyl groups excluding tert-OH is 1. The SMILES string of the molecule is CC(C)(C)OC(=O)N1CCN2C[C@H](C(O)C[N+](=O)[O-])CC[C@H]2C1. The normalized spacial score (nSPS) is 27.2. The van der Waals surface area contributed by atoms with E-state index in [-0.39, 0.29) is 18.1 Å². The molecule has 2 saturated heterocycles. The molecule has 1 amide bonds. The van der Waals surface area contributed by atoms with E-state index in [9.17, 15) is 20.0 Å². The molecule has 2 heterocycles. The van der Waals surface area contributed by atoms with Crippen LogP contribution in [0.3, 0.4) is 0 Å². The largest absolute Gasteiger partial charge is 0.444 e. The third kappa shape index (κ3) is 5.04. The molecule has 0 aromatic heterocycles. The third-order valence-corrected chi connectivity index (χ3v) is 4.48. The van der Waals surface area contributed by atoms with Crippen LogP contribution in [0, 0.1) is 16.0 Å². The van der Waals surface area contributed by atoms with Gasteiger partial charge in [0.1, 0.15) is 11.7 Å². The summed E-state index contributed by atoms with van der Waals surface area (Å²) < 4.78 is 5.41. The molecule has 1 N–H and O–H groups in total. The molecule has 0 bridgehead atoms. The molecule has 2 fully saturated rings. The van der Waals surface area contributed by atoms with E-state index in [0.717, 1.165) is 12.8 Å². The number of fused-ring (bicyclic) bond motifs is 1. The Morgan fingerprint density at radius 3 is 2.65 bits per heavy atom. The number of carbonyl (C=O) groups is 1. The van der Waals surface area contributed by atoms with E-state index in [1.54, 1.807) is 4.90 Å². The number of carbonyl (C=O) groups excluding carboxylic acids is 1. The minimum atomic E-state index is -0.894. The number of rotatable bonds is 3. The number of piperazine rings is 1. The van der Waals surface area contributed by atoms with Crippen LogP contribution in [0.5, 0.6) is 0 Å². The molecular weight excluding hydrogens is 302 g/mol. The van der Waals surface area contributed by atoms with Gasteiger partial charge in [0.15, 0.2) is 0 Å². The van der Waals surface area contributed by atoms with E-state index in [1.807, 2.05) is 20.8 Å². The lowest BCUT2D eigenvalue weighted by Crippen LogP contribution is -2.59. The number of amides is 1. The topological polar surface area (TPSA) is 96.2 Å². The van der Waals surface area contributed by atoms with Crippen molar-refractivity contribution >= 4 is 6.09 Å². The van der Waals surface area contributed by atoms with Crippen LogP contribution in [-0.4, -0.2) is 76.4 Å². The van der Waals surface area contributed by atoms with Crippen LogP contribution >= 0.6 is 0 Å². The van der Waals surface area contributed by atoms with Crippen LogP contribution in [0.2, 0.25) is 0 Å². The van der Waals surface area contributed by atoms with Crippen LogP contribution in [-0.2, 0) is 4.74 Å². The molecular formula is C15H27N3O5. The molecule has 3 atom stereocenters. The van der Waals surface area contributed by atoms with Crippen molar-refractivity contribution in [3.8, 4) is 0 Å². The lowest BCUT2D eigenvalue weighted by molar-refractivity contribution is -0.492. The molecule has 2 aliphatic heterocycles. The van der Waals surface area contributed by atoms with E-state index in [0.29, 0.717) is 26.2 Å². The van der Waals surface area contributed by atoms with Gasteiger partial charge in [0, 0.05) is 43.1 Å². The van der Waals surface area contributed by atoms with Gasteiger partial charge in [0.05, 0.1) is 0 Å².